The first-order chi connectivity index (χ1) is 17.4. The van der Waals surface area contributed by atoms with Gasteiger partial charge in [-0.3, -0.25) is 9.36 Å². The van der Waals surface area contributed by atoms with E-state index >= 15 is 0 Å². The molecule has 1 aromatic carbocycles. The molecule has 0 saturated carbocycles. The molecule has 12 nitrogen and oxygen atoms in total. The van der Waals surface area contributed by atoms with Crippen LogP contribution in [0.2, 0.25) is 0 Å². The van der Waals surface area contributed by atoms with Crippen LogP contribution in [0.5, 0.6) is 0 Å². The minimum absolute atomic E-state index is 0.0630. The number of rotatable bonds is 12. The van der Waals surface area contributed by atoms with E-state index in [-0.39, 0.29) is 43.6 Å². The first-order valence-corrected chi connectivity index (χ1v) is 13.4. The Bertz CT molecular complexity index is 1030. The highest BCUT2D eigenvalue weighted by Gasteiger charge is 2.38. The van der Waals surface area contributed by atoms with Crippen molar-refractivity contribution < 1.29 is 37.1 Å². The normalized spacial score (nSPS) is 14.8. The molecule has 3 rings (SSSR count). The highest BCUT2D eigenvalue weighted by Crippen LogP contribution is 2.49. The van der Waals surface area contributed by atoms with Crippen LogP contribution in [-0.2, 0) is 41.0 Å². The van der Waals surface area contributed by atoms with Gasteiger partial charge in [-0.15, -0.1) is 0 Å². The predicted molar refractivity (Wildman–Crippen MR) is 131 cm³/mol. The van der Waals surface area contributed by atoms with Crippen molar-refractivity contribution in [1.29, 1.82) is 0 Å². The number of oxazole rings is 1. The van der Waals surface area contributed by atoms with Crippen molar-refractivity contribution in [2.24, 2.45) is 0 Å². The van der Waals surface area contributed by atoms with Gasteiger partial charge in [0.25, 0.3) is 0 Å². The Kier molecular flexibility index (Phi) is 10.3. The molecule has 1 aromatic heterocycles. The monoisotopic (exact) mass is 524 g/mol. The average molecular weight is 525 g/mol. The summed E-state index contributed by atoms with van der Waals surface area (Å²) < 4.78 is 40.8. The number of morpholine rings is 1. The molecule has 0 aliphatic carbocycles. The number of alkyl carbamates (subject to hydrolysis) is 1. The molecule has 2 heterocycles. The van der Waals surface area contributed by atoms with E-state index in [0.717, 1.165) is 5.56 Å². The van der Waals surface area contributed by atoms with Crippen molar-refractivity contribution >= 4 is 30.9 Å². The molecule has 0 radical (unpaired) electrons. The van der Waals surface area contributed by atoms with Crippen molar-refractivity contribution in [3.8, 4) is 0 Å². The molecule has 0 spiro atoms. The third kappa shape index (κ3) is 7.54. The third-order valence-corrected chi connectivity index (χ3v) is 7.15. The van der Waals surface area contributed by atoms with Gasteiger partial charge in [-0.2, -0.15) is 0 Å². The lowest BCUT2D eigenvalue weighted by Crippen LogP contribution is -2.44. The fourth-order valence-corrected chi connectivity index (χ4v) is 5.05. The van der Waals surface area contributed by atoms with Gasteiger partial charge in [-0.1, -0.05) is 30.3 Å². The van der Waals surface area contributed by atoms with E-state index in [1.54, 1.807) is 13.8 Å². The topological polar surface area (TPSA) is 141 Å². The summed E-state index contributed by atoms with van der Waals surface area (Å²) in [5, 5.41) is 5.14. The minimum atomic E-state index is -3.75. The summed E-state index contributed by atoms with van der Waals surface area (Å²) in [4.78, 5) is 30.8. The predicted octanol–water partition coefficient (Wildman–Crippen LogP) is 2.33. The lowest BCUT2D eigenvalue weighted by atomic mass is 10.2. The van der Waals surface area contributed by atoms with E-state index in [9.17, 15) is 14.2 Å². The SMILES string of the molecule is CCOP(=O)(OCC)c1nc(CNC(=O)[C@H](C)NC(=O)OCc2ccccc2)oc1N1CCOCC1. The van der Waals surface area contributed by atoms with Gasteiger partial charge in [0.15, 0.2) is 0 Å². The van der Waals surface area contributed by atoms with Crippen LogP contribution >= 0.6 is 7.60 Å². The molecule has 198 valence electrons. The van der Waals surface area contributed by atoms with Crippen molar-refractivity contribution in [1.82, 2.24) is 15.6 Å². The van der Waals surface area contributed by atoms with E-state index in [2.05, 4.69) is 15.6 Å². The standard InChI is InChI=1S/C23H33N4O8P/c1-4-33-36(30,34-5-2)21-22(27-11-13-31-14-12-27)35-19(26-21)15-24-20(28)17(3)25-23(29)32-16-18-9-7-6-8-10-18/h6-10,17H,4-5,11-16H2,1-3H3,(H,24,28)(H,25,29)/t17-/m0/s1. The Labute approximate surface area is 210 Å². The van der Waals surface area contributed by atoms with Crippen LogP contribution in [0.1, 0.15) is 32.2 Å². The zero-order valence-corrected chi connectivity index (χ0v) is 21.6. The number of nitrogens with zero attached hydrogens (tertiary/aromatic N) is 2. The van der Waals surface area contributed by atoms with Crippen LogP contribution in [0.15, 0.2) is 34.7 Å². The summed E-state index contributed by atoms with van der Waals surface area (Å²) in [5.41, 5.74) is 0.893. The molecule has 36 heavy (non-hydrogen) atoms. The summed E-state index contributed by atoms with van der Waals surface area (Å²) in [6.07, 6.45) is -0.719. The number of carbonyl (C=O) groups excluding carboxylic acids is 2. The molecule has 1 saturated heterocycles. The third-order valence-electron chi connectivity index (χ3n) is 5.15. The number of anilines is 1. The van der Waals surface area contributed by atoms with Crippen LogP contribution in [0.25, 0.3) is 0 Å². The molecule has 13 heteroatoms. The van der Waals surface area contributed by atoms with Gasteiger partial charge in [-0.25, -0.2) is 9.78 Å². The second-order valence-electron chi connectivity index (χ2n) is 7.81. The molecule has 1 fully saturated rings. The molecule has 2 N–H and O–H groups in total. The fourth-order valence-electron chi connectivity index (χ4n) is 3.39. The van der Waals surface area contributed by atoms with E-state index in [1.165, 1.54) is 6.92 Å². The number of amides is 2. The molecule has 1 atom stereocenters. The zero-order chi connectivity index (χ0) is 26.0. The Morgan fingerprint density at radius 3 is 2.44 bits per heavy atom. The Hall–Kier alpha value is -2.92. The van der Waals surface area contributed by atoms with Gasteiger partial charge >= 0.3 is 13.7 Å². The van der Waals surface area contributed by atoms with E-state index in [4.69, 9.17) is 22.9 Å². The van der Waals surface area contributed by atoms with Crippen molar-refractivity contribution in [2.75, 3.05) is 44.4 Å². The maximum Gasteiger partial charge on any atom is 0.408 e. The van der Waals surface area contributed by atoms with Crippen molar-refractivity contribution in [3.05, 3.63) is 41.8 Å². The summed E-state index contributed by atoms with van der Waals surface area (Å²) in [6.45, 7) is 7.22. The number of aromatic nitrogens is 1. The van der Waals surface area contributed by atoms with Crippen LogP contribution < -0.4 is 21.0 Å². The number of benzene rings is 1. The van der Waals surface area contributed by atoms with Crippen molar-refractivity contribution in [2.45, 2.75) is 40.0 Å². The smallest absolute Gasteiger partial charge is 0.408 e. The second kappa shape index (κ2) is 13.4. The lowest BCUT2D eigenvalue weighted by molar-refractivity contribution is -0.122. The van der Waals surface area contributed by atoms with Crippen LogP contribution in [0.4, 0.5) is 10.7 Å². The quantitative estimate of drug-likeness (QED) is 0.397. The van der Waals surface area contributed by atoms with Gasteiger partial charge in [0, 0.05) is 13.1 Å². The highest BCUT2D eigenvalue weighted by atomic mass is 31.2. The summed E-state index contributed by atoms with van der Waals surface area (Å²) in [6, 6.07) is 8.33. The highest BCUT2D eigenvalue weighted by molar-refractivity contribution is 7.62. The minimum Gasteiger partial charge on any atom is -0.445 e. The maximum atomic E-state index is 13.4. The molecular weight excluding hydrogens is 491 g/mol. The number of carbonyl (C=O) groups is 2. The van der Waals surface area contributed by atoms with Crippen LogP contribution in [0, 0.1) is 0 Å². The summed E-state index contributed by atoms with van der Waals surface area (Å²) >= 11 is 0. The molecule has 2 aromatic rings. The van der Waals surface area contributed by atoms with Gasteiger partial charge in [0.05, 0.1) is 33.0 Å². The van der Waals surface area contributed by atoms with Gasteiger partial charge in [0.1, 0.15) is 12.6 Å². The summed E-state index contributed by atoms with van der Waals surface area (Å²) in [7, 11) is -3.75. The van der Waals surface area contributed by atoms with E-state index in [0.29, 0.717) is 26.3 Å². The lowest BCUT2D eigenvalue weighted by Gasteiger charge is -2.27. The maximum absolute atomic E-state index is 13.4. The number of nitrogens with one attached hydrogen (secondary N) is 2. The fraction of sp³-hybridized carbons (Fsp3) is 0.522. The molecule has 1 aliphatic rings. The second-order valence-corrected chi connectivity index (χ2v) is 9.75. The Morgan fingerprint density at radius 1 is 1.14 bits per heavy atom. The van der Waals surface area contributed by atoms with E-state index in [1.807, 2.05) is 35.2 Å². The molecule has 2 amide bonds. The molecule has 1 aliphatic heterocycles. The average Bonchev–Trinajstić information content (AvgIpc) is 3.33. The van der Waals surface area contributed by atoms with Crippen LogP contribution in [-0.4, -0.2) is 62.5 Å². The number of hydrogen-bond donors (Lipinski definition) is 2. The molecule has 0 bridgehead atoms. The Morgan fingerprint density at radius 2 is 1.81 bits per heavy atom. The zero-order valence-electron chi connectivity index (χ0n) is 20.7. The van der Waals surface area contributed by atoms with Gasteiger partial charge in [-0.05, 0) is 26.3 Å². The van der Waals surface area contributed by atoms with Gasteiger partial charge in [0.2, 0.25) is 23.1 Å². The van der Waals surface area contributed by atoms with Crippen LogP contribution in [0.3, 0.4) is 0 Å². The van der Waals surface area contributed by atoms with E-state index < -0.39 is 25.6 Å². The van der Waals surface area contributed by atoms with Gasteiger partial charge < -0.3 is 38.5 Å². The molecule has 0 unspecified atom stereocenters. The number of hydrogen-bond acceptors (Lipinski definition) is 10. The first-order valence-electron chi connectivity index (χ1n) is 11.8. The molecular formula is C23H33N4O8P. The Balaban J connectivity index is 1.63. The first kappa shape index (κ1) is 27.7. The van der Waals surface area contributed by atoms with Crippen molar-refractivity contribution in [3.63, 3.8) is 0 Å². The number of ether oxygens (including phenoxy) is 2. The summed E-state index contributed by atoms with van der Waals surface area (Å²) in [5.74, 6) is -0.0843. The largest absolute Gasteiger partial charge is 0.445 e.